The van der Waals surface area contributed by atoms with Crippen LogP contribution in [0.25, 0.3) is 21.2 Å². The summed E-state index contributed by atoms with van der Waals surface area (Å²) in [5.41, 5.74) is 2.42. The molecule has 0 fully saturated rings. The lowest BCUT2D eigenvalue weighted by molar-refractivity contribution is 1.33. The summed E-state index contributed by atoms with van der Waals surface area (Å²) in [6.07, 6.45) is 3.63. The number of nitrogens with zero attached hydrogens (tertiary/aromatic N) is 1. The highest BCUT2D eigenvalue weighted by molar-refractivity contribution is 7.17. The van der Waals surface area contributed by atoms with Crippen LogP contribution in [0.1, 0.15) is 0 Å². The van der Waals surface area contributed by atoms with Gasteiger partial charge in [0, 0.05) is 28.5 Å². The second-order valence-corrected chi connectivity index (χ2v) is 4.24. The minimum Gasteiger partial charge on any atom is -0.265 e. The molecule has 0 unspecified atom stereocenters. The van der Waals surface area contributed by atoms with Gasteiger partial charge in [0.25, 0.3) is 0 Å². The van der Waals surface area contributed by atoms with Gasteiger partial charge in [0.05, 0.1) is 0 Å². The maximum atomic E-state index is 4.02. The molecule has 0 saturated heterocycles. The molecular weight excluding hydrogens is 202 g/mol. The Morgan fingerprint density at radius 1 is 1.00 bits per heavy atom. The third-order valence-electron chi connectivity index (χ3n) is 2.39. The second kappa shape index (κ2) is 3.48. The molecule has 1 radical (unpaired) electrons. The Hall–Kier alpha value is -1.67. The van der Waals surface area contributed by atoms with Gasteiger partial charge in [0.15, 0.2) is 0 Å². The zero-order valence-corrected chi connectivity index (χ0v) is 8.79. The molecular formula is C13H8NS. The molecule has 0 aliphatic rings. The fourth-order valence-electron chi connectivity index (χ4n) is 1.63. The van der Waals surface area contributed by atoms with Crippen molar-refractivity contribution in [1.82, 2.24) is 4.98 Å². The summed E-state index contributed by atoms with van der Waals surface area (Å²) in [4.78, 5) is 4.02. The van der Waals surface area contributed by atoms with Gasteiger partial charge in [-0.15, -0.1) is 11.3 Å². The molecule has 0 amide bonds. The molecule has 0 saturated carbocycles. The Morgan fingerprint density at radius 2 is 1.87 bits per heavy atom. The van der Waals surface area contributed by atoms with Crippen LogP contribution in [0.4, 0.5) is 0 Å². The maximum Gasteiger partial charge on any atom is 0.0349 e. The van der Waals surface area contributed by atoms with Gasteiger partial charge in [0.2, 0.25) is 0 Å². The predicted octanol–water partition coefficient (Wildman–Crippen LogP) is 3.76. The number of benzene rings is 1. The van der Waals surface area contributed by atoms with Crippen molar-refractivity contribution in [2.45, 2.75) is 0 Å². The van der Waals surface area contributed by atoms with E-state index >= 15 is 0 Å². The Balaban J connectivity index is 2.19. The highest BCUT2D eigenvalue weighted by Gasteiger charge is 1.99. The molecule has 0 bridgehead atoms. The van der Waals surface area contributed by atoms with Crippen molar-refractivity contribution in [2.75, 3.05) is 0 Å². The monoisotopic (exact) mass is 210 g/mol. The van der Waals surface area contributed by atoms with Crippen LogP contribution in [0, 0.1) is 6.07 Å². The van der Waals surface area contributed by atoms with Crippen LogP contribution in [-0.2, 0) is 0 Å². The Bertz CT molecular complexity index is 584. The third-order valence-corrected chi connectivity index (χ3v) is 3.24. The summed E-state index contributed by atoms with van der Waals surface area (Å²) in [7, 11) is 0. The Kier molecular flexibility index (Phi) is 2.00. The van der Waals surface area contributed by atoms with Crippen LogP contribution in [-0.4, -0.2) is 4.98 Å². The molecule has 0 aliphatic carbocycles. The van der Waals surface area contributed by atoms with E-state index < -0.39 is 0 Å². The Labute approximate surface area is 92.0 Å². The van der Waals surface area contributed by atoms with E-state index in [1.807, 2.05) is 29.9 Å². The molecule has 3 rings (SSSR count). The van der Waals surface area contributed by atoms with E-state index in [4.69, 9.17) is 0 Å². The van der Waals surface area contributed by atoms with Gasteiger partial charge in [-0.05, 0) is 40.8 Å². The van der Waals surface area contributed by atoms with Gasteiger partial charge in [-0.25, -0.2) is 0 Å². The first-order valence-electron chi connectivity index (χ1n) is 4.73. The lowest BCUT2D eigenvalue weighted by Gasteiger charge is -2.00. The quantitative estimate of drug-likeness (QED) is 0.596. The lowest BCUT2D eigenvalue weighted by atomic mass is 10.1. The fraction of sp³-hybridized carbons (Fsp3) is 0. The maximum absolute atomic E-state index is 4.02. The fourth-order valence-corrected chi connectivity index (χ4v) is 2.33. The molecule has 1 aromatic carbocycles. The van der Waals surface area contributed by atoms with Crippen molar-refractivity contribution in [1.29, 1.82) is 0 Å². The van der Waals surface area contributed by atoms with Crippen molar-refractivity contribution in [3.8, 4) is 11.1 Å². The summed E-state index contributed by atoms with van der Waals surface area (Å²) in [6.45, 7) is 0. The molecule has 3 aromatic rings. The van der Waals surface area contributed by atoms with E-state index in [-0.39, 0.29) is 0 Å². The van der Waals surface area contributed by atoms with Gasteiger partial charge in [-0.3, -0.25) is 4.98 Å². The summed E-state index contributed by atoms with van der Waals surface area (Å²) in [6, 6.07) is 13.7. The normalized spacial score (nSPS) is 10.7. The number of hydrogen-bond acceptors (Lipinski definition) is 2. The third kappa shape index (κ3) is 1.53. The van der Waals surface area contributed by atoms with E-state index in [1.165, 1.54) is 21.2 Å². The lowest BCUT2D eigenvalue weighted by Crippen LogP contribution is -1.77. The summed E-state index contributed by atoms with van der Waals surface area (Å²) in [5.74, 6) is 0. The number of fused-ring (bicyclic) bond motifs is 1. The van der Waals surface area contributed by atoms with Gasteiger partial charge < -0.3 is 0 Å². The van der Waals surface area contributed by atoms with Crippen molar-refractivity contribution in [3.05, 3.63) is 54.2 Å². The Morgan fingerprint density at radius 3 is 2.73 bits per heavy atom. The van der Waals surface area contributed by atoms with Crippen LogP contribution in [0.15, 0.2) is 48.1 Å². The van der Waals surface area contributed by atoms with Crippen LogP contribution >= 0.6 is 11.3 Å². The molecule has 0 spiro atoms. The van der Waals surface area contributed by atoms with E-state index in [0.29, 0.717) is 0 Å². The van der Waals surface area contributed by atoms with Gasteiger partial charge >= 0.3 is 0 Å². The summed E-state index contributed by atoms with van der Waals surface area (Å²) < 4.78 is 1.29. The number of rotatable bonds is 1. The molecule has 0 aliphatic heterocycles. The number of aromatic nitrogens is 1. The van der Waals surface area contributed by atoms with Crippen molar-refractivity contribution in [2.24, 2.45) is 0 Å². The largest absolute Gasteiger partial charge is 0.265 e. The number of pyridine rings is 1. The molecule has 0 N–H and O–H groups in total. The molecule has 1 nitrogen and oxygen atoms in total. The van der Waals surface area contributed by atoms with E-state index in [2.05, 4.69) is 29.2 Å². The average molecular weight is 210 g/mol. The van der Waals surface area contributed by atoms with Gasteiger partial charge in [-0.1, -0.05) is 6.07 Å². The highest BCUT2D eigenvalue weighted by Crippen LogP contribution is 2.26. The van der Waals surface area contributed by atoms with Crippen LogP contribution < -0.4 is 0 Å². The summed E-state index contributed by atoms with van der Waals surface area (Å²) in [5, 5.41) is 3.19. The van der Waals surface area contributed by atoms with Gasteiger partial charge in [-0.2, -0.15) is 0 Å². The van der Waals surface area contributed by atoms with E-state index in [1.54, 1.807) is 11.3 Å². The molecule has 71 valence electrons. The molecule has 2 aromatic heterocycles. The molecule has 15 heavy (non-hydrogen) atoms. The highest BCUT2D eigenvalue weighted by atomic mass is 32.1. The first kappa shape index (κ1) is 8.62. The second-order valence-electron chi connectivity index (χ2n) is 3.33. The van der Waals surface area contributed by atoms with Crippen molar-refractivity contribution >= 4 is 21.4 Å². The molecule has 2 heterocycles. The average Bonchev–Trinajstić information content (AvgIpc) is 2.77. The van der Waals surface area contributed by atoms with E-state index in [0.717, 1.165) is 0 Å². The zero-order valence-electron chi connectivity index (χ0n) is 7.97. The van der Waals surface area contributed by atoms with Crippen molar-refractivity contribution < 1.29 is 0 Å². The minimum atomic E-state index is 1.19. The van der Waals surface area contributed by atoms with Gasteiger partial charge in [0.1, 0.15) is 0 Å². The topological polar surface area (TPSA) is 12.9 Å². The SMILES string of the molecule is [c]1csc2ccc(-c3ccncc3)cc12. The number of thiophene rings is 1. The molecule has 2 heteroatoms. The van der Waals surface area contributed by atoms with Crippen LogP contribution in [0.5, 0.6) is 0 Å². The standard InChI is InChI=1S/C13H8NS/c1-2-13-12(5-8-15-13)9-11(1)10-3-6-14-7-4-10/h1-4,6-9H. The summed E-state index contributed by atoms with van der Waals surface area (Å²) >= 11 is 1.72. The van der Waals surface area contributed by atoms with Crippen molar-refractivity contribution in [3.63, 3.8) is 0 Å². The van der Waals surface area contributed by atoms with E-state index in [9.17, 15) is 0 Å². The minimum absolute atomic E-state index is 1.19. The number of hydrogen-bond donors (Lipinski definition) is 0. The first-order chi connectivity index (χ1) is 7.43. The zero-order chi connectivity index (χ0) is 10.1. The smallest absolute Gasteiger partial charge is 0.0349 e. The molecule has 0 atom stereocenters. The predicted molar refractivity (Wildman–Crippen MR) is 63.9 cm³/mol. The first-order valence-corrected chi connectivity index (χ1v) is 5.61. The van der Waals surface area contributed by atoms with Crippen LogP contribution in [0.3, 0.4) is 0 Å². The van der Waals surface area contributed by atoms with Crippen LogP contribution in [0.2, 0.25) is 0 Å².